The van der Waals surface area contributed by atoms with E-state index in [0.717, 1.165) is 4.70 Å². The molecule has 124 valence electrons. The maximum atomic E-state index is 12.3. The minimum atomic E-state index is -0.231. The summed E-state index contributed by atoms with van der Waals surface area (Å²) in [6.07, 6.45) is 4.71. The van der Waals surface area contributed by atoms with Crippen molar-refractivity contribution in [2.45, 2.75) is 6.54 Å². The molecule has 0 unspecified atom stereocenters. The summed E-state index contributed by atoms with van der Waals surface area (Å²) < 4.78 is 0.942. The van der Waals surface area contributed by atoms with E-state index in [1.165, 1.54) is 11.3 Å². The van der Waals surface area contributed by atoms with Gasteiger partial charge in [0, 0.05) is 18.0 Å². The van der Waals surface area contributed by atoms with Gasteiger partial charge in [-0.3, -0.25) is 14.9 Å². The third-order valence-electron chi connectivity index (χ3n) is 3.41. The maximum Gasteiger partial charge on any atom is 0.251 e. The lowest BCUT2D eigenvalue weighted by Gasteiger charge is -2.02. The average Bonchev–Trinajstić information content (AvgIpc) is 3.25. The third-order valence-corrected chi connectivity index (χ3v) is 4.27. The van der Waals surface area contributed by atoms with Gasteiger partial charge in [-0.25, -0.2) is 15.0 Å². The fraction of sp³-hybridized carbons (Fsp3) is 0.0667. The Morgan fingerprint density at radius 1 is 1.28 bits per heavy atom. The first kappa shape index (κ1) is 15.1. The lowest BCUT2D eigenvalue weighted by molar-refractivity contribution is 0.0950. The summed E-state index contributed by atoms with van der Waals surface area (Å²) in [5.41, 5.74) is 7.45. The second kappa shape index (κ2) is 6.24. The summed E-state index contributed by atoms with van der Waals surface area (Å²) in [6, 6.07) is 5.28. The van der Waals surface area contributed by atoms with Gasteiger partial charge in [-0.15, -0.1) is 0 Å². The van der Waals surface area contributed by atoms with Gasteiger partial charge < -0.3 is 11.1 Å². The van der Waals surface area contributed by atoms with Gasteiger partial charge in [0.05, 0.1) is 23.0 Å². The molecular formula is C15H12N8OS. The Kier molecular flexibility index (Phi) is 3.78. The molecule has 1 aromatic carbocycles. The SMILES string of the molecule is Nc1nc2cc(C(=O)NCc3nc(-c4cnccn4)n[nH]3)ccc2s1. The summed E-state index contributed by atoms with van der Waals surface area (Å²) in [6.45, 7) is 0.212. The van der Waals surface area contributed by atoms with Crippen molar-refractivity contribution in [2.75, 3.05) is 5.73 Å². The van der Waals surface area contributed by atoms with Crippen molar-refractivity contribution in [3.8, 4) is 11.5 Å². The van der Waals surface area contributed by atoms with Gasteiger partial charge >= 0.3 is 0 Å². The zero-order valence-electron chi connectivity index (χ0n) is 12.8. The van der Waals surface area contributed by atoms with Crippen LogP contribution in [0.5, 0.6) is 0 Å². The Labute approximate surface area is 145 Å². The highest BCUT2D eigenvalue weighted by atomic mass is 32.1. The highest BCUT2D eigenvalue weighted by Gasteiger charge is 2.11. The normalized spacial score (nSPS) is 10.9. The molecule has 10 heteroatoms. The number of H-pyrrole nitrogens is 1. The summed E-state index contributed by atoms with van der Waals surface area (Å²) in [5.74, 6) is 0.718. The third kappa shape index (κ3) is 3.15. The van der Waals surface area contributed by atoms with E-state index in [2.05, 4.69) is 35.5 Å². The molecule has 0 aliphatic rings. The van der Waals surface area contributed by atoms with Crippen molar-refractivity contribution in [2.24, 2.45) is 0 Å². The number of carbonyl (C=O) groups is 1. The van der Waals surface area contributed by atoms with Crippen LogP contribution in [0, 0.1) is 0 Å². The van der Waals surface area contributed by atoms with Gasteiger partial charge in [0.15, 0.2) is 5.13 Å². The number of aromatic nitrogens is 6. The monoisotopic (exact) mass is 352 g/mol. The Hall–Kier alpha value is -3.40. The highest BCUT2D eigenvalue weighted by molar-refractivity contribution is 7.22. The van der Waals surface area contributed by atoms with Crippen LogP contribution < -0.4 is 11.1 Å². The van der Waals surface area contributed by atoms with Crippen LogP contribution in [0.1, 0.15) is 16.2 Å². The lowest BCUT2D eigenvalue weighted by atomic mass is 10.2. The number of fused-ring (bicyclic) bond motifs is 1. The molecule has 0 spiro atoms. The fourth-order valence-electron chi connectivity index (χ4n) is 2.26. The number of hydrogen-bond donors (Lipinski definition) is 3. The zero-order valence-corrected chi connectivity index (χ0v) is 13.6. The van der Waals surface area contributed by atoms with Gasteiger partial charge in [-0.1, -0.05) is 11.3 Å². The first-order valence-corrected chi connectivity index (χ1v) is 8.12. The van der Waals surface area contributed by atoms with Gasteiger partial charge in [0.2, 0.25) is 5.82 Å². The van der Waals surface area contributed by atoms with E-state index in [9.17, 15) is 4.79 Å². The minimum Gasteiger partial charge on any atom is -0.375 e. The first-order valence-electron chi connectivity index (χ1n) is 7.31. The van der Waals surface area contributed by atoms with Crippen LogP contribution in [-0.4, -0.2) is 36.0 Å². The quantitative estimate of drug-likeness (QED) is 0.505. The second-order valence-electron chi connectivity index (χ2n) is 5.11. The number of nitrogen functional groups attached to an aromatic ring is 1. The molecule has 3 aromatic heterocycles. The lowest BCUT2D eigenvalue weighted by Crippen LogP contribution is -2.23. The van der Waals surface area contributed by atoms with E-state index in [0.29, 0.717) is 33.6 Å². The summed E-state index contributed by atoms with van der Waals surface area (Å²) in [7, 11) is 0. The van der Waals surface area contributed by atoms with Crippen LogP contribution in [0.25, 0.3) is 21.7 Å². The molecule has 4 aromatic rings. The predicted octanol–water partition coefficient (Wildman–Crippen LogP) is 1.38. The molecule has 4 N–H and O–H groups in total. The van der Waals surface area contributed by atoms with Crippen LogP contribution in [0.4, 0.5) is 5.13 Å². The van der Waals surface area contributed by atoms with Gasteiger partial charge in [0.1, 0.15) is 11.5 Å². The smallest absolute Gasteiger partial charge is 0.251 e. The summed E-state index contributed by atoms with van der Waals surface area (Å²) >= 11 is 1.38. The minimum absolute atomic E-state index is 0.212. The van der Waals surface area contributed by atoms with Crippen molar-refractivity contribution in [3.05, 3.63) is 48.2 Å². The Morgan fingerprint density at radius 3 is 3.04 bits per heavy atom. The fourth-order valence-corrected chi connectivity index (χ4v) is 2.97. The largest absolute Gasteiger partial charge is 0.375 e. The van der Waals surface area contributed by atoms with E-state index in [1.807, 2.05) is 6.07 Å². The molecular weight excluding hydrogens is 340 g/mol. The maximum absolute atomic E-state index is 12.3. The van der Waals surface area contributed by atoms with Crippen LogP contribution in [0.3, 0.4) is 0 Å². The number of nitrogens with two attached hydrogens (primary N) is 1. The Balaban J connectivity index is 1.45. The van der Waals surface area contributed by atoms with Gasteiger partial charge in [-0.2, -0.15) is 5.10 Å². The van der Waals surface area contributed by atoms with E-state index >= 15 is 0 Å². The molecule has 0 aliphatic heterocycles. The number of nitrogens with zero attached hydrogens (tertiary/aromatic N) is 5. The number of benzene rings is 1. The van der Waals surface area contributed by atoms with Crippen LogP contribution in [-0.2, 0) is 6.54 Å². The molecule has 0 bridgehead atoms. The topological polar surface area (TPSA) is 135 Å². The van der Waals surface area contributed by atoms with Crippen molar-refractivity contribution >= 4 is 32.6 Å². The summed E-state index contributed by atoms with van der Waals surface area (Å²) in [5, 5.41) is 10.1. The number of thiazole rings is 1. The van der Waals surface area contributed by atoms with Crippen molar-refractivity contribution in [3.63, 3.8) is 0 Å². The van der Waals surface area contributed by atoms with E-state index in [1.54, 1.807) is 30.7 Å². The Morgan fingerprint density at radius 2 is 2.20 bits per heavy atom. The molecule has 1 amide bonds. The molecule has 0 saturated heterocycles. The molecule has 9 nitrogen and oxygen atoms in total. The van der Waals surface area contributed by atoms with Crippen LogP contribution in [0.15, 0.2) is 36.8 Å². The molecule has 0 aliphatic carbocycles. The standard InChI is InChI=1S/C15H12N8OS/c16-15-20-9-5-8(1-2-11(9)25-15)14(24)19-7-12-21-13(23-22-12)10-6-17-3-4-18-10/h1-6H,7H2,(H2,16,20)(H,19,24)(H,21,22,23). The number of hydrogen-bond acceptors (Lipinski definition) is 8. The molecule has 0 radical (unpaired) electrons. The predicted molar refractivity (Wildman–Crippen MR) is 92.6 cm³/mol. The molecule has 3 heterocycles. The van der Waals surface area contributed by atoms with E-state index < -0.39 is 0 Å². The average molecular weight is 352 g/mol. The van der Waals surface area contributed by atoms with Crippen molar-refractivity contribution in [1.29, 1.82) is 0 Å². The number of rotatable bonds is 4. The highest BCUT2D eigenvalue weighted by Crippen LogP contribution is 2.24. The first-order chi connectivity index (χ1) is 12.2. The van der Waals surface area contributed by atoms with Crippen molar-refractivity contribution < 1.29 is 4.79 Å². The van der Waals surface area contributed by atoms with Crippen LogP contribution in [0.2, 0.25) is 0 Å². The molecule has 0 fully saturated rings. The molecule has 4 rings (SSSR count). The number of anilines is 1. The van der Waals surface area contributed by atoms with Gasteiger partial charge in [-0.05, 0) is 18.2 Å². The van der Waals surface area contributed by atoms with E-state index in [-0.39, 0.29) is 12.5 Å². The number of carbonyl (C=O) groups excluding carboxylic acids is 1. The van der Waals surface area contributed by atoms with Crippen molar-refractivity contribution in [1.82, 2.24) is 35.5 Å². The molecule has 0 atom stereocenters. The second-order valence-corrected chi connectivity index (χ2v) is 6.18. The number of aromatic amines is 1. The number of amides is 1. The number of nitrogens with one attached hydrogen (secondary N) is 2. The Bertz CT molecular complexity index is 1040. The molecule has 0 saturated carbocycles. The zero-order chi connectivity index (χ0) is 17.2. The van der Waals surface area contributed by atoms with Crippen LogP contribution >= 0.6 is 11.3 Å². The molecule has 25 heavy (non-hydrogen) atoms. The van der Waals surface area contributed by atoms with Gasteiger partial charge in [0.25, 0.3) is 5.91 Å². The van der Waals surface area contributed by atoms with E-state index in [4.69, 9.17) is 5.73 Å². The summed E-state index contributed by atoms with van der Waals surface area (Å²) in [4.78, 5) is 28.9.